The summed E-state index contributed by atoms with van der Waals surface area (Å²) in [5, 5.41) is 3.29. The largest absolute Gasteiger partial charge is 0.482 e. The second-order valence-electron chi connectivity index (χ2n) is 5.42. The zero-order valence-corrected chi connectivity index (χ0v) is 13.8. The van der Waals surface area contributed by atoms with Crippen molar-refractivity contribution >= 4 is 29.1 Å². The van der Waals surface area contributed by atoms with E-state index in [1.807, 2.05) is 6.07 Å². The monoisotopic (exact) mass is 345 g/mol. The van der Waals surface area contributed by atoms with Gasteiger partial charge in [-0.2, -0.15) is 0 Å². The summed E-state index contributed by atoms with van der Waals surface area (Å²) in [5.41, 5.74) is 1.39. The predicted molar refractivity (Wildman–Crippen MR) is 90.0 cm³/mol. The van der Waals surface area contributed by atoms with Crippen LogP contribution in [-0.4, -0.2) is 29.4 Å². The summed E-state index contributed by atoms with van der Waals surface area (Å²) in [7, 11) is 0. The van der Waals surface area contributed by atoms with Crippen molar-refractivity contribution < 1.29 is 14.3 Å². The summed E-state index contributed by atoms with van der Waals surface area (Å²) < 4.78 is 5.39. The van der Waals surface area contributed by atoms with Crippen LogP contribution in [0.1, 0.15) is 12.5 Å². The van der Waals surface area contributed by atoms with Crippen LogP contribution < -0.4 is 15.0 Å². The highest BCUT2D eigenvalue weighted by molar-refractivity contribution is 6.31. The zero-order valence-electron chi connectivity index (χ0n) is 13.0. The number of carbonyl (C=O) groups is 2. The quantitative estimate of drug-likeness (QED) is 0.921. The average molecular weight is 346 g/mol. The van der Waals surface area contributed by atoms with Gasteiger partial charge in [-0.25, -0.2) is 0 Å². The molecule has 2 aromatic rings. The van der Waals surface area contributed by atoms with Crippen LogP contribution in [-0.2, 0) is 16.1 Å². The average Bonchev–Trinajstić information content (AvgIpc) is 2.60. The van der Waals surface area contributed by atoms with Gasteiger partial charge >= 0.3 is 0 Å². The van der Waals surface area contributed by atoms with Crippen LogP contribution in [0.4, 0.5) is 5.69 Å². The van der Waals surface area contributed by atoms with Gasteiger partial charge in [-0.1, -0.05) is 17.7 Å². The molecule has 2 amide bonds. The molecule has 0 unspecified atom stereocenters. The Morgan fingerprint density at radius 1 is 1.46 bits per heavy atom. The Kier molecular flexibility index (Phi) is 4.66. The number of ether oxygens (including phenoxy) is 1. The zero-order chi connectivity index (χ0) is 17.1. The standard InChI is InChI=1S/C17H16ClN3O3/c1-11(17(23)20-9-12-3-2-6-19-8-12)21-14-7-13(18)4-5-15(14)24-10-16(21)22/h2-8,11H,9-10H2,1H3,(H,20,23)/t11-/m0/s1. The lowest BCUT2D eigenvalue weighted by Crippen LogP contribution is -2.51. The Morgan fingerprint density at radius 2 is 2.29 bits per heavy atom. The van der Waals surface area contributed by atoms with E-state index in [0.717, 1.165) is 5.56 Å². The van der Waals surface area contributed by atoms with Crippen molar-refractivity contribution in [2.24, 2.45) is 0 Å². The van der Waals surface area contributed by atoms with Gasteiger partial charge in [0.15, 0.2) is 6.61 Å². The number of nitrogens with one attached hydrogen (secondary N) is 1. The Hall–Kier alpha value is -2.60. The highest BCUT2D eigenvalue weighted by atomic mass is 35.5. The maximum Gasteiger partial charge on any atom is 0.265 e. The summed E-state index contributed by atoms with van der Waals surface area (Å²) >= 11 is 6.01. The molecular formula is C17H16ClN3O3. The van der Waals surface area contributed by atoms with Crippen molar-refractivity contribution in [3.63, 3.8) is 0 Å². The van der Waals surface area contributed by atoms with Crippen LogP contribution in [0.2, 0.25) is 5.02 Å². The molecule has 0 bridgehead atoms. The molecule has 1 aliphatic rings. The number of pyridine rings is 1. The summed E-state index contributed by atoms with van der Waals surface area (Å²) in [4.78, 5) is 30.1. The molecule has 2 heterocycles. The van der Waals surface area contributed by atoms with Gasteiger partial charge in [-0.15, -0.1) is 0 Å². The number of aromatic nitrogens is 1. The molecule has 24 heavy (non-hydrogen) atoms. The number of anilines is 1. The fourth-order valence-corrected chi connectivity index (χ4v) is 2.69. The van der Waals surface area contributed by atoms with Gasteiger partial charge in [0, 0.05) is 24.0 Å². The SMILES string of the molecule is C[C@@H](C(=O)NCc1cccnc1)N1C(=O)COc2ccc(Cl)cc21. The van der Waals surface area contributed by atoms with Crippen molar-refractivity contribution in [3.05, 3.63) is 53.3 Å². The number of fused-ring (bicyclic) bond motifs is 1. The van der Waals surface area contributed by atoms with Gasteiger partial charge in [0.05, 0.1) is 5.69 Å². The third-order valence-corrected chi connectivity index (χ3v) is 3.99. The van der Waals surface area contributed by atoms with Crippen LogP contribution in [0, 0.1) is 0 Å². The van der Waals surface area contributed by atoms with Gasteiger partial charge in [0.2, 0.25) is 5.91 Å². The molecule has 0 fully saturated rings. The second-order valence-corrected chi connectivity index (χ2v) is 5.86. The van der Waals surface area contributed by atoms with Gasteiger partial charge in [-0.05, 0) is 36.8 Å². The number of rotatable bonds is 4. The topological polar surface area (TPSA) is 71.5 Å². The van der Waals surface area contributed by atoms with Gasteiger partial charge < -0.3 is 10.1 Å². The summed E-state index contributed by atoms with van der Waals surface area (Å²) in [5.74, 6) is -0.0141. The maximum atomic E-state index is 12.5. The van der Waals surface area contributed by atoms with E-state index in [1.165, 1.54) is 4.90 Å². The van der Waals surface area contributed by atoms with E-state index >= 15 is 0 Å². The molecule has 1 aromatic carbocycles. The molecule has 0 aliphatic carbocycles. The Morgan fingerprint density at radius 3 is 3.04 bits per heavy atom. The van der Waals surface area contributed by atoms with Gasteiger partial charge in [0.1, 0.15) is 11.8 Å². The summed E-state index contributed by atoms with van der Waals surface area (Å²) in [6.07, 6.45) is 3.35. The molecule has 1 N–H and O–H groups in total. The van der Waals surface area contributed by atoms with Crippen LogP contribution in [0.3, 0.4) is 0 Å². The number of amides is 2. The molecule has 0 spiro atoms. The van der Waals surface area contributed by atoms with Crippen LogP contribution in [0.15, 0.2) is 42.7 Å². The molecule has 124 valence electrons. The molecule has 6 nitrogen and oxygen atoms in total. The number of halogens is 1. The number of benzene rings is 1. The first-order valence-corrected chi connectivity index (χ1v) is 7.85. The first-order chi connectivity index (χ1) is 11.6. The highest BCUT2D eigenvalue weighted by Crippen LogP contribution is 2.35. The van der Waals surface area contributed by atoms with Crippen LogP contribution in [0.25, 0.3) is 0 Å². The van der Waals surface area contributed by atoms with Gasteiger partial charge in [-0.3, -0.25) is 19.5 Å². The molecule has 0 radical (unpaired) electrons. The van der Waals surface area contributed by atoms with E-state index in [9.17, 15) is 9.59 Å². The fourth-order valence-electron chi connectivity index (χ4n) is 2.53. The molecule has 1 aromatic heterocycles. The van der Waals surface area contributed by atoms with Crippen LogP contribution >= 0.6 is 11.6 Å². The fraction of sp³-hybridized carbons (Fsp3) is 0.235. The third kappa shape index (κ3) is 3.33. The van der Waals surface area contributed by atoms with Crippen molar-refractivity contribution in [2.45, 2.75) is 19.5 Å². The van der Waals surface area contributed by atoms with E-state index in [0.29, 0.717) is 23.0 Å². The molecule has 1 aliphatic heterocycles. The molecule has 0 saturated heterocycles. The lowest BCUT2D eigenvalue weighted by Gasteiger charge is -2.33. The minimum atomic E-state index is -0.685. The minimum absolute atomic E-state index is 0.102. The van der Waals surface area contributed by atoms with Crippen molar-refractivity contribution in [1.82, 2.24) is 10.3 Å². The molecule has 0 saturated carbocycles. The maximum absolute atomic E-state index is 12.5. The molecule has 7 heteroatoms. The minimum Gasteiger partial charge on any atom is -0.482 e. The molecular weight excluding hydrogens is 330 g/mol. The van der Waals surface area contributed by atoms with E-state index in [1.54, 1.807) is 43.6 Å². The second kappa shape index (κ2) is 6.88. The van der Waals surface area contributed by atoms with Crippen molar-refractivity contribution in [3.8, 4) is 5.75 Å². The predicted octanol–water partition coefficient (Wildman–Crippen LogP) is 2.17. The van der Waals surface area contributed by atoms with E-state index in [2.05, 4.69) is 10.3 Å². The number of hydrogen-bond donors (Lipinski definition) is 1. The summed E-state index contributed by atoms with van der Waals surface area (Å²) in [6.45, 7) is 1.92. The first-order valence-electron chi connectivity index (χ1n) is 7.47. The molecule has 1 atom stereocenters. The number of hydrogen-bond acceptors (Lipinski definition) is 4. The van der Waals surface area contributed by atoms with Gasteiger partial charge in [0.25, 0.3) is 5.91 Å². The highest BCUT2D eigenvalue weighted by Gasteiger charge is 2.33. The van der Waals surface area contributed by atoms with E-state index in [-0.39, 0.29) is 18.4 Å². The van der Waals surface area contributed by atoms with Crippen molar-refractivity contribution in [1.29, 1.82) is 0 Å². The lowest BCUT2D eigenvalue weighted by atomic mass is 10.1. The molecule has 3 rings (SSSR count). The van der Waals surface area contributed by atoms with Crippen molar-refractivity contribution in [2.75, 3.05) is 11.5 Å². The number of nitrogens with zero attached hydrogens (tertiary/aromatic N) is 2. The Balaban J connectivity index is 1.76. The Bertz CT molecular complexity index is 767. The smallest absolute Gasteiger partial charge is 0.265 e. The van der Waals surface area contributed by atoms with E-state index < -0.39 is 6.04 Å². The lowest BCUT2D eigenvalue weighted by molar-refractivity contribution is -0.127. The summed E-state index contributed by atoms with van der Waals surface area (Å²) in [6, 6.07) is 7.98. The normalized spacial score (nSPS) is 14.6. The Labute approximate surface area is 144 Å². The van der Waals surface area contributed by atoms with Crippen LogP contribution in [0.5, 0.6) is 5.75 Å². The first kappa shape index (κ1) is 16.3. The third-order valence-electron chi connectivity index (χ3n) is 3.76. The van der Waals surface area contributed by atoms with E-state index in [4.69, 9.17) is 16.3 Å². The number of carbonyl (C=O) groups excluding carboxylic acids is 2.